The van der Waals surface area contributed by atoms with E-state index in [0.29, 0.717) is 24.4 Å². The lowest BCUT2D eigenvalue weighted by molar-refractivity contribution is -0.139. The van der Waals surface area contributed by atoms with E-state index in [1.165, 1.54) is 51.4 Å². The molecule has 2 rings (SSSR count). The van der Waals surface area contributed by atoms with Crippen LogP contribution in [-0.2, 0) is 9.53 Å². The van der Waals surface area contributed by atoms with Gasteiger partial charge in [0.2, 0.25) is 0 Å². The van der Waals surface area contributed by atoms with E-state index in [1.54, 1.807) is 0 Å². The van der Waals surface area contributed by atoms with Crippen molar-refractivity contribution in [3.05, 3.63) is 12.2 Å². The van der Waals surface area contributed by atoms with Crippen molar-refractivity contribution in [2.24, 2.45) is 17.8 Å². The van der Waals surface area contributed by atoms with Crippen LogP contribution in [0, 0.1) is 17.8 Å². The average molecular weight is 250 g/mol. The van der Waals surface area contributed by atoms with Gasteiger partial charge >= 0.3 is 5.97 Å². The predicted octanol–water partition coefficient (Wildman–Crippen LogP) is 4.10. The van der Waals surface area contributed by atoms with Gasteiger partial charge in [-0.3, -0.25) is 0 Å². The van der Waals surface area contributed by atoms with Crippen molar-refractivity contribution >= 4 is 5.97 Å². The lowest BCUT2D eigenvalue weighted by Crippen LogP contribution is -2.27. The van der Waals surface area contributed by atoms with Crippen LogP contribution < -0.4 is 0 Å². The Kier molecular flexibility index (Phi) is 4.85. The van der Waals surface area contributed by atoms with Crippen LogP contribution in [0.3, 0.4) is 0 Å². The summed E-state index contributed by atoms with van der Waals surface area (Å²) in [4.78, 5) is 12.0. The van der Waals surface area contributed by atoms with Gasteiger partial charge < -0.3 is 4.74 Å². The molecule has 18 heavy (non-hydrogen) atoms. The molecular formula is C16H26O2. The van der Waals surface area contributed by atoms with Crippen molar-refractivity contribution in [1.82, 2.24) is 0 Å². The van der Waals surface area contributed by atoms with Gasteiger partial charge in [0.1, 0.15) is 0 Å². The SMILES string of the molecule is C=C(C(=O)OCC)C(C1CCCC1)C1CCCC1. The second kappa shape index (κ2) is 6.40. The minimum absolute atomic E-state index is 0.152. The van der Waals surface area contributed by atoms with Gasteiger partial charge in [0.05, 0.1) is 6.61 Å². The Morgan fingerprint density at radius 3 is 1.94 bits per heavy atom. The largest absolute Gasteiger partial charge is 0.463 e. The second-order valence-corrected chi connectivity index (χ2v) is 5.86. The molecule has 0 aliphatic heterocycles. The molecule has 2 aliphatic rings. The van der Waals surface area contributed by atoms with E-state index >= 15 is 0 Å². The first kappa shape index (κ1) is 13.6. The molecule has 0 heterocycles. The van der Waals surface area contributed by atoms with Crippen LogP contribution in [0.2, 0.25) is 0 Å². The fourth-order valence-electron chi connectivity index (χ4n) is 3.95. The number of esters is 1. The summed E-state index contributed by atoms with van der Waals surface area (Å²) in [6, 6.07) is 0. The van der Waals surface area contributed by atoms with Crippen molar-refractivity contribution in [3.63, 3.8) is 0 Å². The lowest BCUT2D eigenvalue weighted by atomic mass is 9.75. The van der Waals surface area contributed by atoms with Crippen LogP contribution in [0.15, 0.2) is 12.2 Å². The topological polar surface area (TPSA) is 26.3 Å². The van der Waals surface area contributed by atoms with E-state index in [1.807, 2.05) is 6.92 Å². The average Bonchev–Trinajstić information content (AvgIpc) is 3.02. The van der Waals surface area contributed by atoms with Gasteiger partial charge in [-0.05, 0) is 50.4 Å². The molecule has 0 unspecified atom stereocenters. The fourth-order valence-corrected chi connectivity index (χ4v) is 3.95. The number of ether oxygens (including phenoxy) is 1. The molecule has 0 aromatic rings. The molecule has 0 radical (unpaired) electrons. The molecule has 0 amide bonds. The smallest absolute Gasteiger partial charge is 0.333 e. The first-order chi connectivity index (χ1) is 8.74. The van der Waals surface area contributed by atoms with Gasteiger partial charge in [0, 0.05) is 5.57 Å². The highest BCUT2D eigenvalue weighted by Crippen LogP contribution is 2.44. The summed E-state index contributed by atoms with van der Waals surface area (Å²) in [5.74, 6) is 1.62. The van der Waals surface area contributed by atoms with Crippen molar-refractivity contribution in [2.45, 2.75) is 58.3 Å². The normalized spacial score (nSPS) is 21.7. The number of carbonyl (C=O) groups excluding carboxylic acids is 1. The number of hydrogen-bond acceptors (Lipinski definition) is 2. The highest BCUT2D eigenvalue weighted by atomic mass is 16.5. The van der Waals surface area contributed by atoms with Gasteiger partial charge in [-0.15, -0.1) is 0 Å². The van der Waals surface area contributed by atoms with E-state index < -0.39 is 0 Å². The Morgan fingerprint density at radius 2 is 1.56 bits per heavy atom. The van der Waals surface area contributed by atoms with Gasteiger partial charge in [0.25, 0.3) is 0 Å². The van der Waals surface area contributed by atoms with E-state index in [4.69, 9.17) is 4.74 Å². The fraction of sp³-hybridized carbons (Fsp3) is 0.812. The van der Waals surface area contributed by atoms with Gasteiger partial charge in [-0.1, -0.05) is 32.3 Å². The maximum Gasteiger partial charge on any atom is 0.333 e. The Morgan fingerprint density at radius 1 is 1.11 bits per heavy atom. The van der Waals surface area contributed by atoms with Crippen molar-refractivity contribution in [2.75, 3.05) is 6.61 Å². The summed E-state index contributed by atoms with van der Waals surface area (Å²) in [6.45, 7) is 6.41. The summed E-state index contributed by atoms with van der Waals surface area (Å²) in [7, 11) is 0. The maximum atomic E-state index is 12.0. The predicted molar refractivity (Wildman–Crippen MR) is 73.2 cm³/mol. The Labute approximate surface area is 111 Å². The Hall–Kier alpha value is -0.790. The van der Waals surface area contributed by atoms with Crippen LogP contribution >= 0.6 is 0 Å². The van der Waals surface area contributed by atoms with Gasteiger partial charge in [-0.2, -0.15) is 0 Å². The molecule has 0 aromatic carbocycles. The van der Waals surface area contributed by atoms with E-state index in [-0.39, 0.29) is 5.97 Å². The molecular weight excluding hydrogens is 224 g/mol. The Bertz CT molecular complexity index is 280. The summed E-state index contributed by atoms with van der Waals surface area (Å²) in [5, 5.41) is 0. The van der Waals surface area contributed by atoms with Gasteiger partial charge in [-0.25, -0.2) is 4.79 Å². The third-order valence-corrected chi connectivity index (χ3v) is 4.76. The molecule has 2 fully saturated rings. The molecule has 0 atom stereocenters. The van der Waals surface area contributed by atoms with Crippen molar-refractivity contribution < 1.29 is 9.53 Å². The molecule has 2 saturated carbocycles. The standard InChI is InChI=1S/C16H26O2/c1-3-18-16(17)12(2)15(13-8-4-5-9-13)14-10-6-7-11-14/h13-15H,2-11H2,1H3. The quantitative estimate of drug-likeness (QED) is 0.542. The zero-order chi connectivity index (χ0) is 13.0. The third-order valence-electron chi connectivity index (χ3n) is 4.76. The number of carbonyl (C=O) groups is 1. The minimum atomic E-state index is -0.152. The molecule has 102 valence electrons. The molecule has 2 nitrogen and oxygen atoms in total. The van der Waals surface area contributed by atoms with Crippen LogP contribution in [0.4, 0.5) is 0 Å². The maximum absolute atomic E-state index is 12.0. The zero-order valence-corrected chi connectivity index (χ0v) is 11.6. The Balaban J connectivity index is 2.07. The first-order valence-electron chi connectivity index (χ1n) is 7.60. The molecule has 2 heteroatoms. The van der Waals surface area contributed by atoms with Crippen LogP contribution in [0.1, 0.15) is 58.3 Å². The highest BCUT2D eigenvalue weighted by Gasteiger charge is 2.37. The second-order valence-electron chi connectivity index (χ2n) is 5.86. The summed E-state index contributed by atoms with van der Waals surface area (Å²) < 4.78 is 5.17. The van der Waals surface area contributed by atoms with Crippen LogP contribution in [-0.4, -0.2) is 12.6 Å². The number of rotatable bonds is 5. The minimum Gasteiger partial charge on any atom is -0.463 e. The third kappa shape index (κ3) is 2.96. The van der Waals surface area contributed by atoms with Crippen LogP contribution in [0.25, 0.3) is 0 Å². The number of hydrogen-bond donors (Lipinski definition) is 0. The van der Waals surface area contributed by atoms with E-state index in [0.717, 1.165) is 5.57 Å². The summed E-state index contributed by atoms with van der Waals surface area (Å²) >= 11 is 0. The molecule has 0 aromatic heterocycles. The molecule has 0 saturated heterocycles. The zero-order valence-electron chi connectivity index (χ0n) is 11.6. The molecule has 2 aliphatic carbocycles. The molecule has 0 bridgehead atoms. The van der Waals surface area contributed by atoms with Gasteiger partial charge in [0.15, 0.2) is 0 Å². The van der Waals surface area contributed by atoms with Crippen LogP contribution in [0.5, 0.6) is 0 Å². The molecule has 0 N–H and O–H groups in total. The molecule has 0 spiro atoms. The van der Waals surface area contributed by atoms with E-state index in [2.05, 4.69) is 6.58 Å². The summed E-state index contributed by atoms with van der Waals surface area (Å²) in [6.07, 6.45) is 10.4. The summed E-state index contributed by atoms with van der Waals surface area (Å²) in [5.41, 5.74) is 0.760. The highest BCUT2D eigenvalue weighted by molar-refractivity contribution is 5.88. The van der Waals surface area contributed by atoms with Crippen molar-refractivity contribution in [3.8, 4) is 0 Å². The van der Waals surface area contributed by atoms with E-state index in [9.17, 15) is 4.79 Å². The monoisotopic (exact) mass is 250 g/mol. The first-order valence-corrected chi connectivity index (χ1v) is 7.60. The lowest BCUT2D eigenvalue weighted by Gasteiger charge is -2.30. The van der Waals surface area contributed by atoms with Crippen molar-refractivity contribution in [1.29, 1.82) is 0 Å².